The number of hydrogen-bond donors (Lipinski definition) is 3. The molecule has 2 unspecified atom stereocenters. The van der Waals surface area contributed by atoms with Gasteiger partial charge in [-0.15, -0.1) is 0 Å². The van der Waals surface area contributed by atoms with Crippen molar-refractivity contribution in [2.75, 3.05) is 13.2 Å². The normalized spacial score (nSPS) is 12.7. The lowest BCUT2D eigenvalue weighted by Crippen LogP contribution is -2.45. The summed E-state index contributed by atoms with van der Waals surface area (Å²) in [4.78, 5) is 24.5. The second kappa shape index (κ2) is 57.9. The second-order valence-electron chi connectivity index (χ2n) is 21.0. The predicted molar refractivity (Wildman–Crippen MR) is 296 cm³/mol. The number of carbonyl (C=O) groups is 2. The third-order valence-corrected chi connectivity index (χ3v) is 14.2. The number of allylic oxidation sites excluding steroid dienone is 3. The Hall–Kier alpha value is -1.66. The zero-order valence-electron chi connectivity index (χ0n) is 45.9. The van der Waals surface area contributed by atoms with Crippen LogP contribution in [0.25, 0.3) is 0 Å². The minimum absolute atomic E-state index is 0.0110. The van der Waals surface area contributed by atoms with Gasteiger partial charge in [0, 0.05) is 12.8 Å². The summed E-state index contributed by atoms with van der Waals surface area (Å²) in [5.74, 6) is -0.105. The van der Waals surface area contributed by atoms with E-state index in [9.17, 15) is 19.8 Å². The largest absolute Gasteiger partial charge is 0.466 e. The van der Waals surface area contributed by atoms with E-state index in [-0.39, 0.29) is 18.5 Å². The van der Waals surface area contributed by atoms with Crippen LogP contribution >= 0.6 is 0 Å². The predicted octanol–water partition coefficient (Wildman–Crippen LogP) is 19.0. The van der Waals surface area contributed by atoms with Crippen molar-refractivity contribution >= 4 is 11.9 Å². The summed E-state index contributed by atoms with van der Waals surface area (Å²) in [7, 11) is 0. The van der Waals surface area contributed by atoms with Crippen LogP contribution in [-0.2, 0) is 14.3 Å². The SMILES string of the molecule is CCCCCCCCCCCCCCCCCCCCCCCC/C=C/C(O)C(CO)NC(=O)CCCCC/C=C\CCCCCCCCOC(=O)CCCCCCCCCCCCCCCC. The van der Waals surface area contributed by atoms with Gasteiger partial charge in [-0.2, -0.15) is 0 Å². The Kier molecular flexibility index (Phi) is 56.5. The fourth-order valence-corrected chi connectivity index (χ4v) is 9.51. The topological polar surface area (TPSA) is 95.9 Å². The van der Waals surface area contributed by atoms with E-state index >= 15 is 0 Å². The minimum atomic E-state index is -0.862. The van der Waals surface area contributed by atoms with Crippen LogP contribution in [0.3, 0.4) is 0 Å². The van der Waals surface area contributed by atoms with Gasteiger partial charge in [0.25, 0.3) is 0 Å². The first kappa shape index (κ1) is 66.3. The maximum Gasteiger partial charge on any atom is 0.305 e. The van der Waals surface area contributed by atoms with Crippen LogP contribution in [0.4, 0.5) is 0 Å². The molecule has 1 amide bonds. The molecule has 0 fully saturated rings. The number of amides is 1. The van der Waals surface area contributed by atoms with E-state index in [1.807, 2.05) is 6.08 Å². The molecule has 68 heavy (non-hydrogen) atoms. The van der Waals surface area contributed by atoms with Crippen LogP contribution in [0.15, 0.2) is 24.3 Å². The van der Waals surface area contributed by atoms with Gasteiger partial charge >= 0.3 is 5.97 Å². The summed E-state index contributed by atoms with van der Waals surface area (Å²) in [6, 6.07) is -0.649. The summed E-state index contributed by atoms with van der Waals surface area (Å²) < 4.78 is 5.47. The molecule has 0 bridgehead atoms. The van der Waals surface area contributed by atoms with E-state index in [1.165, 1.54) is 238 Å². The Bertz CT molecular complexity index is 1060. The minimum Gasteiger partial charge on any atom is -0.466 e. The first-order valence-electron chi connectivity index (χ1n) is 30.6. The maximum absolute atomic E-state index is 12.5. The average molecular weight is 959 g/mol. The number of nitrogens with one attached hydrogen (secondary N) is 1. The van der Waals surface area contributed by atoms with E-state index in [0.717, 1.165) is 70.6 Å². The Morgan fingerprint density at radius 2 is 0.691 bits per heavy atom. The summed E-state index contributed by atoms with van der Waals surface area (Å²) in [5, 5.41) is 23.2. The van der Waals surface area contributed by atoms with E-state index in [2.05, 4.69) is 31.3 Å². The van der Waals surface area contributed by atoms with Crippen LogP contribution < -0.4 is 5.32 Å². The van der Waals surface area contributed by atoms with Crippen molar-refractivity contribution in [1.29, 1.82) is 0 Å². The van der Waals surface area contributed by atoms with Gasteiger partial charge in [0.05, 0.1) is 25.4 Å². The van der Waals surface area contributed by atoms with E-state index < -0.39 is 12.1 Å². The van der Waals surface area contributed by atoms with Gasteiger partial charge in [0.15, 0.2) is 0 Å². The summed E-state index contributed by atoms with van der Waals surface area (Å²) in [6.07, 6.45) is 70.7. The molecule has 0 spiro atoms. The number of carbonyl (C=O) groups excluding carboxylic acids is 2. The molecule has 0 saturated heterocycles. The van der Waals surface area contributed by atoms with Crippen molar-refractivity contribution in [2.45, 2.75) is 347 Å². The van der Waals surface area contributed by atoms with Crippen molar-refractivity contribution < 1.29 is 24.5 Å². The smallest absolute Gasteiger partial charge is 0.305 e. The molecule has 0 aliphatic rings. The third-order valence-electron chi connectivity index (χ3n) is 14.2. The monoisotopic (exact) mass is 958 g/mol. The molecule has 0 aromatic heterocycles. The van der Waals surface area contributed by atoms with Crippen molar-refractivity contribution in [3.8, 4) is 0 Å². The molecular weight excluding hydrogens is 839 g/mol. The Morgan fingerprint density at radius 3 is 1.06 bits per heavy atom. The molecule has 0 aliphatic carbocycles. The van der Waals surface area contributed by atoms with E-state index in [1.54, 1.807) is 6.08 Å². The highest BCUT2D eigenvalue weighted by Crippen LogP contribution is 2.17. The van der Waals surface area contributed by atoms with Crippen LogP contribution in [0.5, 0.6) is 0 Å². The molecule has 0 heterocycles. The number of unbranched alkanes of at least 4 members (excludes halogenated alkanes) is 44. The number of hydrogen-bond acceptors (Lipinski definition) is 5. The van der Waals surface area contributed by atoms with Crippen LogP contribution in [-0.4, -0.2) is 47.4 Å². The number of aliphatic hydroxyl groups excluding tert-OH is 2. The summed E-state index contributed by atoms with van der Waals surface area (Å²) >= 11 is 0. The number of ether oxygens (including phenoxy) is 1. The van der Waals surface area contributed by atoms with Gasteiger partial charge < -0.3 is 20.3 Å². The molecule has 3 N–H and O–H groups in total. The van der Waals surface area contributed by atoms with Crippen molar-refractivity contribution in [3.63, 3.8) is 0 Å². The van der Waals surface area contributed by atoms with Gasteiger partial charge in [0.1, 0.15) is 0 Å². The van der Waals surface area contributed by atoms with Gasteiger partial charge in [-0.25, -0.2) is 0 Å². The van der Waals surface area contributed by atoms with E-state index in [4.69, 9.17) is 4.74 Å². The first-order valence-corrected chi connectivity index (χ1v) is 30.6. The lowest BCUT2D eigenvalue weighted by atomic mass is 10.0. The standard InChI is InChI=1S/C62H119NO5/c1-3-5-7-9-11-13-15-17-19-20-21-22-23-24-25-26-27-28-30-34-38-42-46-50-54-60(65)59(58-64)63-61(66)55-51-47-43-39-35-31-29-33-37-41-45-49-53-57-68-62(67)56-52-48-44-40-36-32-18-16-14-12-10-8-6-4-2/h31,35,50,54,59-60,64-65H,3-30,32-34,36-49,51-53,55-58H2,1-2H3,(H,63,66)/b35-31-,54-50+. The molecule has 0 aliphatic heterocycles. The number of esters is 1. The highest BCUT2D eigenvalue weighted by Gasteiger charge is 2.18. The molecule has 402 valence electrons. The highest BCUT2D eigenvalue weighted by atomic mass is 16.5. The van der Waals surface area contributed by atoms with Gasteiger partial charge in [-0.3, -0.25) is 9.59 Å². The zero-order valence-corrected chi connectivity index (χ0v) is 45.9. The van der Waals surface area contributed by atoms with Crippen molar-refractivity contribution in [1.82, 2.24) is 5.32 Å². The van der Waals surface area contributed by atoms with E-state index in [0.29, 0.717) is 19.4 Å². The zero-order chi connectivity index (χ0) is 49.3. The molecule has 0 aromatic carbocycles. The fourth-order valence-electron chi connectivity index (χ4n) is 9.51. The molecule has 6 heteroatoms. The lowest BCUT2D eigenvalue weighted by molar-refractivity contribution is -0.143. The van der Waals surface area contributed by atoms with Gasteiger partial charge in [0.2, 0.25) is 5.91 Å². The van der Waals surface area contributed by atoms with Crippen LogP contribution in [0.2, 0.25) is 0 Å². The molecule has 0 aromatic rings. The molecular formula is C62H119NO5. The quantitative estimate of drug-likeness (QED) is 0.0321. The third kappa shape index (κ3) is 53.7. The number of aliphatic hydroxyl groups is 2. The molecule has 0 saturated carbocycles. The summed E-state index contributed by atoms with van der Waals surface area (Å²) in [6.45, 7) is 4.89. The van der Waals surface area contributed by atoms with Crippen LogP contribution in [0, 0.1) is 0 Å². The molecule has 0 rings (SSSR count). The fraction of sp³-hybridized carbons (Fsp3) is 0.903. The van der Waals surface area contributed by atoms with Crippen LogP contribution in [0.1, 0.15) is 335 Å². The number of rotatable bonds is 57. The molecule has 2 atom stereocenters. The van der Waals surface area contributed by atoms with Crippen molar-refractivity contribution in [3.05, 3.63) is 24.3 Å². The Balaban J connectivity index is 3.51. The Morgan fingerprint density at radius 1 is 0.397 bits per heavy atom. The van der Waals surface area contributed by atoms with Gasteiger partial charge in [-0.1, -0.05) is 289 Å². The van der Waals surface area contributed by atoms with Crippen molar-refractivity contribution in [2.24, 2.45) is 0 Å². The first-order chi connectivity index (χ1) is 33.5. The highest BCUT2D eigenvalue weighted by molar-refractivity contribution is 5.76. The Labute approximate surface area is 424 Å². The second-order valence-corrected chi connectivity index (χ2v) is 21.0. The lowest BCUT2D eigenvalue weighted by Gasteiger charge is -2.19. The molecule has 6 nitrogen and oxygen atoms in total. The molecule has 0 radical (unpaired) electrons. The average Bonchev–Trinajstić information content (AvgIpc) is 3.34. The maximum atomic E-state index is 12.5. The summed E-state index contributed by atoms with van der Waals surface area (Å²) in [5.41, 5.74) is 0. The van der Waals surface area contributed by atoms with Gasteiger partial charge in [-0.05, 0) is 57.8 Å².